The van der Waals surface area contributed by atoms with E-state index in [2.05, 4.69) is 0 Å². The molecule has 0 rings (SSSR count). The largest absolute Gasteiger partial charge is 0.394 e. The molecule has 0 fully saturated rings. The predicted octanol–water partition coefficient (Wildman–Crippen LogP) is -0.233. The SMILES string of the molecule is Cl.O=S(=O)(O)O.[Cu]. The summed E-state index contributed by atoms with van der Waals surface area (Å²) in [6.07, 6.45) is 0. The van der Waals surface area contributed by atoms with Gasteiger partial charge < -0.3 is 0 Å². The minimum absolute atomic E-state index is 0. The molecule has 1 radical (unpaired) electrons. The van der Waals surface area contributed by atoms with Crippen molar-refractivity contribution in [1.82, 2.24) is 0 Å². The molecule has 0 aromatic heterocycles. The van der Waals surface area contributed by atoms with Crippen molar-refractivity contribution in [3.05, 3.63) is 0 Å². The van der Waals surface area contributed by atoms with Gasteiger partial charge in [0.05, 0.1) is 0 Å². The predicted molar refractivity (Wildman–Crippen MR) is 21.4 cm³/mol. The average molecular weight is 198 g/mol. The van der Waals surface area contributed by atoms with Crippen LogP contribution in [0, 0.1) is 0 Å². The molecule has 51 valence electrons. The van der Waals surface area contributed by atoms with E-state index in [0.717, 1.165) is 0 Å². The number of halogens is 1. The normalized spacial score (nSPS) is 8.29. The maximum Gasteiger partial charge on any atom is 0.394 e. The third-order valence-electron chi connectivity index (χ3n) is 0. The second-order valence-electron chi connectivity index (χ2n) is 0.448. The first-order chi connectivity index (χ1) is 2.00. The van der Waals surface area contributed by atoms with E-state index in [9.17, 15) is 0 Å². The van der Waals surface area contributed by atoms with Crippen molar-refractivity contribution in [1.29, 1.82) is 0 Å². The summed E-state index contributed by atoms with van der Waals surface area (Å²) in [6.45, 7) is 0. The van der Waals surface area contributed by atoms with Gasteiger partial charge in [-0.15, -0.1) is 12.4 Å². The zero-order valence-corrected chi connectivity index (χ0v) is 5.40. The quantitative estimate of drug-likeness (QED) is 0.416. The summed E-state index contributed by atoms with van der Waals surface area (Å²) in [5.74, 6) is 0. The molecule has 0 aromatic carbocycles. The molecular weight excluding hydrogens is 195 g/mol. The Morgan fingerprint density at radius 3 is 1.14 bits per heavy atom. The van der Waals surface area contributed by atoms with Crippen LogP contribution in [0.15, 0.2) is 0 Å². The van der Waals surface area contributed by atoms with Crippen LogP contribution in [-0.2, 0) is 27.5 Å². The summed E-state index contributed by atoms with van der Waals surface area (Å²) in [7, 11) is -4.67. The van der Waals surface area contributed by atoms with Crippen molar-refractivity contribution in [2.75, 3.05) is 0 Å². The molecule has 0 atom stereocenters. The Morgan fingerprint density at radius 2 is 1.14 bits per heavy atom. The van der Waals surface area contributed by atoms with Crippen molar-refractivity contribution in [2.45, 2.75) is 0 Å². The molecule has 0 bridgehead atoms. The zero-order chi connectivity index (χ0) is 4.50. The van der Waals surface area contributed by atoms with Crippen LogP contribution >= 0.6 is 12.4 Å². The van der Waals surface area contributed by atoms with E-state index in [4.69, 9.17) is 17.5 Å². The second-order valence-corrected chi connectivity index (χ2v) is 1.34. The van der Waals surface area contributed by atoms with Crippen molar-refractivity contribution >= 4 is 22.8 Å². The maximum atomic E-state index is 8.74. The second kappa shape index (κ2) is 4.83. The van der Waals surface area contributed by atoms with E-state index >= 15 is 0 Å². The summed E-state index contributed by atoms with van der Waals surface area (Å²) < 4.78 is 31.6. The molecule has 4 nitrogen and oxygen atoms in total. The van der Waals surface area contributed by atoms with Crippen LogP contribution in [0.5, 0.6) is 0 Å². The summed E-state index contributed by atoms with van der Waals surface area (Å²) in [5, 5.41) is 0. The fourth-order valence-corrected chi connectivity index (χ4v) is 0. The van der Waals surface area contributed by atoms with Crippen LogP contribution in [0.1, 0.15) is 0 Å². The van der Waals surface area contributed by atoms with E-state index in [1.165, 1.54) is 0 Å². The monoisotopic (exact) mass is 197 g/mol. The molecule has 0 aliphatic rings. The van der Waals surface area contributed by atoms with Gasteiger partial charge in [-0.25, -0.2) is 0 Å². The van der Waals surface area contributed by atoms with Gasteiger partial charge in [0.1, 0.15) is 0 Å². The third kappa shape index (κ3) is 317. The van der Waals surface area contributed by atoms with Crippen LogP contribution in [0.3, 0.4) is 0 Å². The molecule has 0 spiro atoms. The zero-order valence-electron chi connectivity index (χ0n) is 2.83. The van der Waals surface area contributed by atoms with Gasteiger partial charge in [-0.05, 0) is 0 Å². The first kappa shape index (κ1) is 15.6. The molecule has 2 N–H and O–H groups in total. The van der Waals surface area contributed by atoms with E-state index in [0.29, 0.717) is 0 Å². The first-order valence-electron chi connectivity index (χ1n) is 0.698. The minimum Gasteiger partial charge on any atom is -0.264 e. The third-order valence-corrected chi connectivity index (χ3v) is 0. The fraction of sp³-hybridized carbons (Fsp3) is 0. The van der Waals surface area contributed by atoms with Crippen LogP contribution in [-0.4, -0.2) is 17.5 Å². The number of hydrogen-bond donors (Lipinski definition) is 2. The molecule has 0 amide bonds. The summed E-state index contributed by atoms with van der Waals surface area (Å²) in [4.78, 5) is 0. The topological polar surface area (TPSA) is 74.6 Å². The molecule has 0 aromatic rings. The fourth-order valence-electron chi connectivity index (χ4n) is 0. The Bertz CT molecular complexity index is 94.9. The van der Waals surface area contributed by atoms with Gasteiger partial charge in [0, 0.05) is 17.1 Å². The summed E-state index contributed by atoms with van der Waals surface area (Å²) in [6, 6.07) is 0. The molecule has 0 unspecified atom stereocenters. The summed E-state index contributed by atoms with van der Waals surface area (Å²) >= 11 is 0. The van der Waals surface area contributed by atoms with Crippen LogP contribution in [0.4, 0.5) is 0 Å². The van der Waals surface area contributed by atoms with Crippen LogP contribution < -0.4 is 0 Å². The van der Waals surface area contributed by atoms with Gasteiger partial charge in [0.2, 0.25) is 0 Å². The standard InChI is InChI=1S/ClH.Cu.H2O4S/c;;1-5(2,3)4/h1H;;(H2,1,2,3,4). The Balaban J connectivity index is -0.0000000800. The van der Waals surface area contributed by atoms with Crippen molar-refractivity contribution in [2.24, 2.45) is 0 Å². The van der Waals surface area contributed by atoms with E-state index in [1.54, 1.807) is 0 Å². The van der Waals surface area contributed by atoms with Gasteiger partial charge in [-0.2, -0.15) is 8.42 Å². The number of rotatable bonds is 0. The molecule has 0 aliphatic carbocycles. The first-order valence-corrected chi connectivity index (χ1v) is 2.10. The van der Waals surface area contributed by atoms with Gasteiger partial charge in [0.15, 0.2) is 0 Å². The molecule has 0 saturated carbocycles. The molecule has 7 heavy (non-hydrogen) atoms. The molecule has 0 saturated heterocycles. The van der Waals surface area contributed by atoms with Gasteiger partial charge in [0.25, 0.3) is 0 Å². The maximum absolute atomic E-state index is 8.74. The molecule has 0 aliphatic heterocycles. The smallest absolute Gasteiger partial charge is 0.264 e. The van der Waals surface area contributed by atoms with Crippen molar-refractivity contribution < 1.29 is 34.6 Å². The van der Waals surface area contributed by atoms with Gasteiger partial charge in [-0.3, -0.25) is 9.11 Å². The minimum atomic E-state index is -4.67. The van der Waals surface area contributed by atoms with E-state index in [-0.39, 0.29) is 29.5 Å². The molecule has 0 heterocycles. The Morgan fingerprint density at radius 1 is 1.14 bits per heavy atom. The Kier molecular flexibility index (Phi) is 10.8. The van der Waals surface area contributed by atoms with Crippen molar-refractivity contribution in [3.63, 3.8) is 0 Å². The molecule has 7 heteroatoms. The number of hydrogen-bond acceptors (Lipinski definition) is 2. The average Bonchev–Trinajstić information content (AvgIpc) is 0.722. The van der Waals surface area contributed by atoms with Crippen molar-refractivity contribution in [3.8, 4) is 0 Å². The van der Waals surface area contributed by atoms with Gasteiger partial charge >= 0.3 is 10.4 Å². The van der Waals surface area contributed by atoms with Crippen LogP contribution in [0.2, 0.25) is 0 Å². The molecular formula is H3ClCuO4S. The Labute approximate surface area is 57.8 Å². The van der Waals surface area contributed by atoms with E-state index < -0.39 is 10.4 Å². The Hall–Kier alpha value is 0.679. The van der Waals surface area contributed by atoms with Gasteiger partial charge in [-0.1, -0.05) is 0 Å². The summed E-state index contributed by atoms with van der Waals surface area (Å²) in [5.41, 5.74) is 0. The van der Waals surface area contributed by atoms with E-state index in [1.807, 2.05) is 0 Å². The van der Waals surface area contributed by atoms with Crippen LogP contribution in [0.25, 0.3) is 0 Å².